The van der Waals surface area contributed by atoms with Crippen LogP contribution in [0.3, 0.4) is 0 Å². The molecule has 0 aliphatic carbocycles. The van der Waals surface area contributed by atoms with Gasteiger partial charge in [-0.05, 0) is 19.3 Å². The normalized spacial score (nSPS) is 30.4. The van der Waals surface area contributed by atoms with E-state index in [0.717, 1.165) is 6.42 Å². The predicted molar refractivity (Wildman–Crippen MR) is 42.3 cm³/mol. The summed E-state index contributed by atoms with van der Waals surface area (Å²) in [6.07, 6.45) is 0.750. The first-order valence-electron chi connectivity index (χ1n) is 4.06. The predicted octanol–water partition coefficient (Wildman–Crippen LogP) is 1.53. The quantitative estimate of drug-likeness (QED) is 0.660. The minimum Gasteiger partial charge on any atom is -0.444 e. The Balaban J connectivity index is 2.40. The number of alkyl carbamates (subject to hydrolysis) is 1. The van der Waals surface area contributed by atoms with E-state index in [0.29, 0.717) is 5.92 Å². The average molecular weight is 157 g/mol. The van der Waals surface area contributed by atoms with Crippen LogP contribution < -0.4 is 5.32 Å². The van der Waals surface area contributed by atoms with Gasteiger partial charge in [-0.25, -0.2) is 4.79 Å². The Kier molecular flexibility index (Phi) is 2.37. The van der Waals surface area contributed by atoms with Crippen LogP contribution in [0, 0.1) is 5.92 Å². The van der Waals surface area contributed by atoms with E-state index in [-0.39, 0.29) is 18.2 Å². The van der Waals surface area contributed by atoms with Crippen molar-refractivity contribution in [2.24, 2.45) is 5.92 Å². The van der Waals surface area contributed by atoms with Gasteiger partial charge < -0.3 is 10.1 Å². The van der Waals surface area contributed by atoms with Gasteiger partial charge in [-0.2, -0.15) is 0 Å². The first-order valence-corrected chi connectivity index (χ1v) is 4.06. The van der Waals surface area contributed by atoms with Crippen LogP contribution >= 0.6 is 0 Å². The van der Waals surface area contributed by atoms with Crippen LogP contribution in [0.15, 0.2) is 0 Å². The minimum atomic E-state index is -0.275. The lowest BCUT2D eigenvalue weighted by atomic mass is 10.0. The van der Waals surface area contributed by atoms with Crippen LogP contribution in [-0.2, 0) is 4.74 Å². The first kappa shape index (κ1) is 8.37. The smallest absolute Gasteiger partial charge is 0.407 e. The second-order valence-electron chi connectivity index (χ2n) is 3.49. The third-order valence-corrected chi connectivity index (χ3v) is 1.89. The van der Waals surface area contributed by atoms with Crippen molar-refractivity contribution in [1.29, 1.82) is 0 Å². The van der Waals surface area contributed by atoms with Gasteiger partial charge in [0.05, 0.1) is 6.04 Å². The number of ether oxygens (including phenoxy) is 1. The second-order valence-corrected chi connectivity index (χ2v) is 3.49. The molecule has 0 saturated carbocycles. The van der Waals surface area contributed by atoms with Crippen molar-refractivity contribution in [2.75, 3.05) is 0 Å². The molecule has 0 unspecified atom stereocenters. The Labute approximate surface area is 67.1 Å². The molecule has 64 valence electrons. The van der Waals surface area contributed by atoms with Crippen LogP contribution in [-0.4, -0.2) is 18.2 Å². The lowest BCUT2D eigenvalue weighted by Crippen LogP contribution is -2.31. The first-order chi connectivity index (χ1) is 5.09. The van der Waals surface area contributed by atoms with E-state index in [1.165, 1.54) is 0 Å². The Morgan fingerprint density at radius 2 is 2.27 bits per heavy atom. The third-order valence-electron chi connectivity index (χ3n) is 1.89. The van der Waals surface area contributed by atoms with E-state index in [2.05, 4.69) is 19.2 Å². The molecule has 1 heterocycles. The summed E-state index contributed by atoms with van der Waals surface area (Å²) >= 11 is 0. The summed E-state index contributed by atoms with van der Waals surface area (Å²) in [4.78, 5) is 10.7. The molecule has 2 atom stereocenters. The molecule has 1 rings (SSSR count). The fourth-order valence-corrected chi connectivity index (χ4v) is 1.31. The molecule has 0 aromatic rings. The highest BCUT2D eigenvalue weighted by Gasteiger charge is 2.30. The molecule has 3 heteroatoms. The number of cyclic esters (lactones) is 1. The monoisotopic (exact) mass is 157 g/mol. The summed E-state index contributed by atoms with van der Waals surface area (Å²) in [6.45, 7) is 6.19. The molecule has 1 amide bonds. The van der Waals surface area contributed by atoms with E-state index in [4.69, 9.17) is 4.74 Å². The van der Waals surface area contributed by atoms with E-state index in [1.807, 2.05) is 6.92 Å². The van der Waals surface area contributed by atoms with Crippen molar-refractivity contribution in [1.82, 2.24) is 5.32 Å². The zero-order valence-corrected chi connectivity index (χ0v) is 7.26. The van der Waals surface area contributed by atoms with Gasteiger partial charge in [0.15, 0.2) is 0 Å². The molecule has 0 radical (unpaired) electrons. The number of hydrogen-bond acceptors (Lipinski definition) is 2. The van der Waals surface area contributed by atoms with E-state index >= 15 is 0 Å². The number of carbonyl (C=O) groups excluding carboxylic acids is 1. The third kappa shape index (κ3) is 2.10. The Morgan fingerprint density at radius 3 is 2.64 bits per heavy atom. The molecular formula is C8H15NO2. The summed E-state index contributed by atoms with van der Waals surface area (Å²) in [5.41, 5.74) is 0. The molecule has 0 spiro atoms. The van der Waals surface area contributed by atoms with Crippen LogP contribution in [0.1, 0.15) is 27.2 Å². The number of nitrogens with one attached hydrogen (secondary N) is 1. The van der Waals surface area contributed by atoms with Gasteiger partial charge in [-0.15, -0.1) is 0 Å². The van der Waals surface area contributed by atoms with Crippen LogP contribution in [0.2, 0.25) is 0 Å². The van der Waals surface area contributed by atoms with Gasteiger partial charge in [-0.1, -0.05) is 13.8 Å². The maximum atomic E-state index is 10.7. The van der Waals surface area contributed by atoms with Crippen molar-refractivity contribution in [3.8, 4) is 0 Å². The van der Waals surface area contributed by atoms with Crippen molar-refractivity contribution >= 4 is 6.09 Å². The van der Waals surface area contributed by atoms with Gasteiger partial charge in [-0.3, -0.25) is 0 Å². The molecule has 0 aromatic heterocycles. The minimum absolute atomic E-state index is 0.0323. The number of carbonyl (C=O) groups is 1. The lowest BCUT2D eigenvalue weighted by Gasteiger charge is -2.14. The maximum absolute atomic E-state index is 10.7. The zero-order valence-electron chi connectivity index (χ0n) is 7.26. The standard InChI is InChI=1S/C8H15NO2/c1-5(2)4-7-6(3)11-8(10)9-7/h5-7H,4H2,1-3H3,(H,9,10)/t6-,7-/m0/s1. The fraction of sp³-hybridized carbons (Fsp3) is 0.875. The molecular weight excluding hydrogens is 142 g/mol. The van der Waals surface area contributed by atoms with Gasteiger partial charge in [0, 0.05) is 0 Å². The molecule has 0 bridgehead atoms. The van der Waals surface area contributed by atoms with Crippen LogP contribution in [0.4, 0.5) is 4.79 Å². The highest BCUT2D eigenvalue weighted by atomic mass is 16.6. The second kappa shape index (κ2) is 3.11. The van der Waals surface area contributed by atoms with Crippen LogP contribution in [0.5, 0.6) is 0 Å². The molecule has 1 saturated heterocycles. The van der Waals surface area contributed by atoms with Crippen molar-refractivity contribution in [3.05, 3.63) is 0 Å². The summed E-state index contributed by atoms with van der Waals surface area (Å²) in [5, 5.41) is 2.77. The summed E-state index contributed by atoms with van der Waals surface area (Å²) in [5.74, 6) is 0.601. The maximum Gasteiger partial charge on any atom is 0.407 e. The summed E-state index contributed by atoms with van der Waals surface area (Å²) in [7, 11) is 0. The Morgan fingerprint density at radius 1 is 1.64 bits per heavy atom. The van der Waals surface area contributed by atoms with Crippen molar-refractivity contribution in [2.45, 2.75) is 39.3 Å². The molecule has 0 aromatic carbocycles. The molecule has 1 aliphatic rings. The highest BCUT2D eigenvalue weighted by Crippen LogP contribution is 2.15. The Hall–Kier alpha value is -0.730. The van der Waals surface area contributed by atoms with Gasteiger partial charge in [0.2, 0.25) is 0 Å². The van der Waals surface area contributed by atoms with E-state index in [1.54, 1.807) is 0 Å². The van der Waals surface area contributed by atoms with Crippen molar-refractivity contribution < 1.29 is 9.53 Å². The molecule has 1 aliphatic heterocycles. The van der Waals surface area contributed by atoms with Gasteiger partial charge >= 0.3 is 6.09 Å². The van der Waals surface area contributed by atoms with Gasteiger partial charge in [0.1, 0.15) is 6.10 Å². The van der Waals surface area contributed by atoms with E-state index < -0.39 is 0 Å². The number of rotatable bonds is 2. The summed E-state index contributed by atoms with van der Waals surface area (Å²) in [6, 6.07) is 0.211. The number of hydrogen-bond donors (Lipinski definition) is 1. The van der Waals surface area contributed by atoms with E-state index in [9.17, 15) is 4.79 Å². The fourth-order valence-electron chi connectivity index (χ4n) is 1.31. The SMILES string of the molecule is CC(C)C[C@@H]1NC(=O)O[C@H]1C. The largest absolute Gasteiger partial charge is 0.444 e. The lowest BCUT2D eigenvalue weighted by molar-refractivity contribution is 0.138. The van der Waals surface area contributed by atoms with Gasteiger partial charge in [0.25, 0.3) is 0 Å². The highest BCUT2D eigenvalue weighted by molar-refractivity contribution is 5.70. The van der Waals surface area contributed by atoms with Crippen LogP contribution in [0.25, 0.3) is 0 Å². The molecule has 3 nitrogen and oxygen atoms in total. The summed E-state index contributed by atoms with van der Waals surface area (Å²) < 4.78 is 4.92. The number of amides is 1. The Bertz CT molecular complexity index is 156. The average Bonchev–Trinajstić information content (AvgIpc) is 2.09. The molecule has 11 heavy (non-hydrogen) atoms. The molecule has 1 fully saturated rings. The zero-order chi connectivity index (χ0) is 8.43. The topological polar surface area (TPSA) is 38.3 Å². The van der Waals surface area contributed by atoms with Crippen molar-refractivity contribution in [3.63, 3.8) is 0 Å². The molecule has 1 N–H and O–H groups in total.